The number of nitrogens with zero attached hydrogens (tertiary/aromatic N) is 3. The molecule has 0 radical (unpaired) electrons. The number of aromatic nitrogens is 2. The molecule has 1 aliphatic heterocycles. The van der Waals surface area contributed by atoms with Gasteiger partial charge in [0.25, 0.3) is 11.5 Å². The average molecular weight is 378 g/mol. The zero-order valence-electron chi connectivity index (χ0n) is 15.4. The lowest BCUT2D eigenvalue weighted by molar-refractivity contribution is 0.0947. The van der Waals surface area contributed by atoms with Gasteiger partial charge >= 0.3 is 0 Å². The minimum atomic E-state index is -0.497. The van der Waals surface area contributed by atoms with Gasteiger partial charge in [0, 0.05) is 32.0 Å². The maximum Gasteiger partial charge on any atom is 0.270 e. The standard InChI is InChI=1S/C21H22N4O3/c26-18-7-4-10-25-19(18)23-13-17(21(25)28)20(27)22-9-12-24-11-8-16(14-24)15-5-2-1-3-6-15/h1-7,10,13,16,26H,8-9,11-12,14H2,(H,22,27). The first-order valence-corrected chi connectivity index (χ1v) is 9.38. The van der Waals surface area contributed by atoms with Crippen molar-refractivity contribution < 1.29 is 9.90 Å². The molecule has 0 aliphatic carbocycles. The van der Waals surface area contributed by atoms with E-state index < -0.39 is 11.5 Å². The van der Waals surface area contributed by atoms with Gasteiger partial charge in [-0.1, -0.05) is 30.3 Å². The van der Waals surface area contributed by atoms with Crippen LogP contribution < -0.4 is 10.9 Å². The van der Waals surface area contributed by atoms with E-state index in [1.165, 1.54) is 34.5 Å². The van der Waals surface area contributed by atoms with Crippen molar-refractivity contribution in [3.05, 3.63) is 76.3 Å². The van der Waals surface area contributed by atoms with E-state index in [1.807, 2.05) is 6.07 Å². The van der Waals surface area contributed by atoms with E-state index >= 15 is 0 Å². The first-order valence-electron chi connectivity index (χ1n) is 9.38. The highest BCUT2D eigenvalue weighted by Gasteiger charge is 2.23. The molecular weight excluding hydrogens is 356 g/mol. The van der Waals surface area contributed by atoms with E-state index in [2.05, 4.69) is 39.5 Å². The third-order valence-corrected chi connectivity index (χ3v) is 5.21. The zero-order valence-corrected chi connectivity index (χ0v) is 15.4. The third kappa shape index (κ3) is 3.61. The Hall–Kier alpha value is -3.19. The first kappa shape index (κ1) is 18.2. The van der Waals surface area contributed by atoms with Crippen LogP contribution >= 0.6 is 0 Å². The molecule has 3 heterocycles. The number of aromatic hydroxyl groups is 1. The fourth-order valence-electron chi connectivity index (χ4n) is 3.70. The molecule has 2 aromatic heterocycles. The summed E-state index contributed by atoms with van der Waals surface area (Å²) in [5.74, 6) is -0.0264. The lowest BCUT2D eigenvalue weighted by atomic mass is 9.99. The highest BCUT2D eigenvalue weighted by atomic mass is 16.3. The van der Waals surface area contributed by atoms with Crippen LogP contribution in [0.5, 0.6) is 5.75 Å². The number of hydrogen-bond donors (Lipinski definition) is 2. The predicted octanol–water partition coefficient (Wildman–Crippen LogP) is 1.62. The minimum absolute atomic E-state index is 0.0355. The lowest BCUT2D eigenvalue weighted by Crippen LogP contribution is -2.36. The second-order valence-corrected chi connectivity index (χ2v) is 7.02. The average Bonchev–Trinajstić information content (AvgIpc) is 3.18. The monoisotopic (exact) mass is 378 g/mol. The first-order chi connectivity index (χ1) is 13.6. The van der Waals surface area contributed by atoms with Crippen molar-refractivity contribution in [2.75, 3.05) is 26.2 Å². The molecule has 1 aromatic carbocycles. The van der Waals surface area contributed by atoms with Crippen LogP contribution in [0.2, 0.25) is 0 Å². The van der Waals surface area contributed by atoms with Crippen LogP contribution in [0.4, 0.5) is 0 Å². The van der Waals surface area contributed by atoms with E-state index in [-0.39, 0.29) is 17.0 Å². The molecule has 1 fully saturated rings. The molecule has 2 N–H and O–H groups in total. The van der Waals surface area contributed by atoms with Crippen molar-refractivity contribution in [3.8, 4) is 5.75 Å². The van der Waals surface area contributed by atoms with Crippen LogP contribution in [0.25, 0.3) is 5.65 Å². The molecule has 4 rings (SSSR count). The Labute approximate surface area is 162 Å². The summed E-state index contributed by atoms with van der Waals surface area (Å²) in [5.41, 5.74) is 0.955. The van der Waals surface area contributed by atoms with E-state index in [1.54, 1.807) is 0 Å². The number of benzene rings is 1. The summed E-state index contributed by atoms with van der Waals surface area (Å²) >= 11 is 0. The van der Waals surface area contributed by atoms with Gasteiger partial charge in [-0.15, -0.1) is 0 Å². The lowest BCUT2D eigenvalue weighted by Gasteiger charge is -2.16. The SMILES string of the molecule is O=C(NCCN1CCC(c2ccccc2)C1)c1cnc2c(O)cccn2c1=O. The van der Waals surface area contributed by atoms with E-state index in [0.717, 1.165) is 26.1 Å². The molecule has 1 unspecified atom stereocenters. The molecule has 144 valence electrons. The largest absolute Gasteiger partial charge is 0.504 e. The van der Waals surface area contributed by atoms with Crippen LogP contribution in [0.1, 0.15) is 28.3 Å². The number of fused-ring (bicyclic) bond motifs is 1. The Morgan fingerprint density at radius 3 is 2.86 bits per heavy atom. The molecule has 0 bridgehead atoms. The number of hydrogen-bond acceptors (Lipinski definition) is 5. The second-order valence-electron chi connectivity index (χ2n) is 7.02. The number of amides is 1. The Morgan fingerprint density at radius 2 is 2.04 bits per heavy atom. The quantitative estimate of drug-likeness (QED) is 0.705. The van der Waals surface area contributed by atoms with Crippen LogP contribution in [0, 0.1) is 0 Å². The Morgan fingerprint density at radius 1 is 1.21 bits per heavy atom. The second kappa shape index (κ2) is 7.82. The maximum atomic E-state index is 12.5. The van der Waals surface area contributed by atoms with Gasteiger partial charge in [0.2, 0.25) is 0 Å². The predicted molar refractivity (Wildman–Crippen MR) is 106 cm³/mol. The third-order valence-electron chi connectivity index (χ3n) is 5.21. The van der Waals surface area contributed by atoms with Crippen molar-refractivity contribution in [3.63, 3.8) is 0 Å². The highest BCUT2D eigenvalue weighted by Crippen LogP contribution is 2.26. The summed E-state index contributed by atoms with van der Waals surface area (Å²) in [6, 6.07) is 13.4. The molecule has 1 amide bonds. The van der Waals surface area contributed by atoms with Gasteiger partial charge in [0.1, 0.15) is 5.56 Å². The molecule has 0 spiro atoms. The van der Waals surface area contributed by atoms with E-state index in [9.17, 15) is 14.7 Å². The molecule has 0 saturated carbocycles. The Kier molecular flexibility index (Phi) is 5.08. The van der Waals surface area contributed by atoms with Crippen molar-refractivity contribution in [1.29, 1.82) is 0 Å². The van der Waals surface area contributed by atoms with Gasteiger partial charge in [-0.2, -0.15) is 0 Å². The number of rotatable bonds is 5. The summed E-state index contributed by atoms with van der Waals surface area (Å²) in [5, 5.41) is 12.6. The van der Waals surface area contributed by atoms with Crippen molar-refractivity contribution in [2.45, 2.75) is 12.3 Å². The number of pyridine rings is 1. The molecule has 7 nitrogen and oxygen atoms in total. The van der Waals surface area contributed by atoms with Crippen LogP contribution in [0.3, 0.4) is 0 Å². The molecule has 7 heteroatoms. The molecule has 1 aliphatic rings. The molecule has 3 aromatic rings. The van der Waals surface area contributed by atoms with Gasteiger partial charge in [-0.05, 0) is 36.6 Å². The van der Waals surface area contributed by atoms with Crippen molar-refractivity contribution >= 4 is 11.6 Å². The van der Waals surface area contributed by atoms with Gasteiger partial charge in [0.15, 0.2) is 11.4 Å². The summed E-state index contributed by atoms with van der Waals surface area (Å²) in [4.78, 5) is 31.2. The molecule has 28 heavy (non-hydrogen) atoms. The van der Waals surface area contributed by atoms with Crippen LogP contribution in [0.15, 0.2) is 59.7 Å². The number of carbonyl (C=O) groups excluding carboxylic acids is 1. The van der Waals surface area contributed by atoms with E-state index in [0.29, 0.717) is 12.5 Å². The van der Waals surface area contributed by atoms with Crippen LogP contribution in [-0.4, -0.2) is 51.5 Å². The maximum absolute atomic E-state index is 12.5. The smallest absolute Gasteiger partial charge is 0.270 e. The fourth-order valence-corrected chi connectivity index (χ4v) is 3.70. The summed E-state index contributed by atoms with van der Waals surface area (Å²) in [6.07, 6.45) is 3.81. The Bertz CT molecular complexity index is 1050. The summed E-state index contributed by atoms with van der Waals surface area (Å²) in [7, 11) is 0. The zero-order chi connectivity index (χ0) is 19.5. The number of likely N-dealkylation sites (tertiary alicyclic amines) is 1. The minimum Gasteiger partial charge on any atom is -0.504 e. The number of nitrogens with one attached hydrogen (secondary N) is 1. The Balaban J connectivity index is 1.35. The number of carbonyl (C=O) groups is 1. The van der Waals surface area contributed by atoms with Crippen LogP contribution in [-0.2, 0) is 0 Å². The fraction of sp³-hybridized carbons (Fsp3) is 0.286. The molecular formula is C21H22N4O3. The molecule has 1 saturated heterocycles. The van der Waals surface area contributed by atoms with Crippen molar-refractivity contribution in [2.24, 2.45) is 0 Å². The van der Waals surface area contributed by atoms with Gasteiger partial charge < -0.3 is 15.3 Å². The normalized spacial score (nSPS) is 17.1. The van der Waals surface area contributed by atoms with Crippen molar-refractivity contribution in [1.82, 2.24) is 19.6 Å². The summed E-state index contributed by atoms with van der Waals surface area (Å²) < 4.78 is 1.18. The van der Waals surface area contributed by atoms with Gasteiger partial charge in [-0.3, -0.25) is 14.0 Å². The summed E-state index contributed by atoms with van der Waals surface area (Å²) in [6.45, 7) is 3.16. The highest BCUT2D eigenvalue weighted by molar-refractivity contribution is 5.93. The van der Waals surface area contributed by atoms with Gasteiger partial charge in [0.05, 0.1) is 0 Å². The topological polar surface area (TPSA) is 86.9 Å². The van der Waals surface area contributed by atoms with E-state index in [4.69, 9.17) is 0 Å². The molecule has 1 atom stereocenters. The van der Waals surface area contributed by atoms with Gasteiger partial charge in [-0.25, -0.2) is 4.98 Å².